The van der Waals surface area contributed by atoms with Crippen LogP contribution in [0.4, 0.5) is 5.82 Å². The Morgan fingerprint density at radius 3 is 2.79 bits per heavy atom. The van der Waals surface area contributed by atoms with Crippen LogP contribution >= 0.6 is 11.3 Å². The lowest BCUT2D eigenvalue weighted by atomic mass is 10.4. The molecular formula is C11H14N4O2S2. The van der Waals surface area contributed by atoms with E-state index in [-0.39, 0.29) is 4.90 Å². The van der Waals surface area contributed by atoms with Crippen LogP contribution in [0.2, 0.25) is 0 Å². The number of pyridine rings is 1. The number of likely N-dealkylation sites (N-methyl/N-ethyl adjacent to an activating group) is 1. The van der Waals surface area contributed by atoms with Gasteiger partial charge in [0.15, 0.2) is 0 Å². The van der Waals surface area contributed by atoms with Crippen molar-refractivity contribution in [3.05, 3.63) is 34.9 Å². The van der Waals surface area contributed by atoms with E-state index < -0.39 is 10.0 Å². The zero-order valence-electron chi connectivity index (χ0n) is 10.4. The summed E-state index contributed by atoms with van der Waals surface area (Å²) in [5.41, 5.74) is 0. The Morgan fingerprint density at radius 1 is 1.37 bits per heavy atom. The maximum atomic E-state index is 11.5. The number of sulfonamides is 1. The summed E-state index contributed by atoms with van der Waals surface area (Å²) in [7, 11) is -1.99. The number of rotatable bonds is 5. The highest BCUT2D eigenvalue weighted by molar-refractivity contribution is 7.89. The third kappa shape index (κ3) is 3.49. The van der Waals surface area contributed by atoms with E-state index >= 15 is 0 Å². The summed E-state index contributed by atoms with van der Waals surface area (Å²) >= 11 is 1.57. The smallest absolute Gasteiger partial charge is 0.241 e. The van der Waals surface area contributed by atoms with Crippen molar-refractivity contribution in [2.24, 2.45) is 5.14 Å². The van der Waals surface area contributed by atoms with Gasteiger partial charge in [0.2, 0.25) is 10.0 Å². The Kier molecular flexibility index (Phi) is 4.13. The van der Waals surface area contributed by atoms with Crippen LogP contribution in [0, 0.1) is 0 Å². The third-order valence-corrected chi connectivity index (χ3v) is 4.33. The second-order valence-corrected chi connectivity index (χ2v) is 6.48. The van der Waals surface area contributed by atoms with E-state index in [9.17, 15) is 8.42 Å². The topological polar surface area (TPSA) is 89.2 Å². The standard InChI is InChI=1S/C11H14N4O2S2/c1-15(7-4-10-13-6-8-18-10)11-9(19(12,16)17)3-2-5-14-11/h2-3,5-6,8H,4,7H2,1H3,(H2,12,16,17). The number of nitrogens with two attached hydrogens (primary N) is 1. The molecule has 0 spiro atoms. The van der Waals surface area contributed by atoms with Crippen LogP contribution in [-0.4, -0.2) is 32.0 Å². The lowest BCUT2D eigenvalue weighted by molar-refractivity contribution is 0.597. The molecule has 2 aromatic rings. The van der Waals surface area contributed by atoms with E-state index in [0.29, 0.717) is 12.4 Å². The number of thiazole rings is 1. The number of hydrogen-bond donors (Lipinski definition) is 1. The molecule has 0 fully saturated rings. The Morgan fingerprint density at radius 2 is 2.16 bits per heavy atom. The highest BCUT2D eigenvalue weighted by Crippen LogP contribution is 2.20. The number of anilines is 1. The number of hydrogen-bond acceptors (Lipinski definition) is 6. The van der Waals surface area contributed by atoms with Gasteiger partial charge in [-0.15, -0.1) is 11.3 Å². The highest BCUT2D eigenvalue weighted by Gasteiger charge is 2.17. The molecule has 0 aromatic carbocycles. The molecule has 6 nitrogen and oxygen atoms in total. The molecule has 2 aromatic heterocycles. The normalized spacial score (nSPS) is 11.5. The first-order valence-corrected chi connectivity index (χ1v) is 7.98. The fraction of sp³-hybridized carbons (Fsp3) is 0.273. The molecule has 0 unspecified atom stereocenters. The van der Waals surface area contributed by atoms with Crippen molar-refractivity contribution in [2.75, 3.05) is 18.5 Å². The minimum absolute atomic E-state index is 0.0386. The monoisotopic (exact) mass is 298 g/mol. The van der Waals surface area contributed by atoms with Gasteiger partial charge in [0.05, 0.1) is 5.01 Å². The Bertz CT molecular complexity index is 640. The van der Waals surface area contributed by atoms with Gasteiger partial charge >= 0.3 is 0 Å². The first-order valence-electron chi connectivity index (χ1n) is 5.56. The van der Waals surface area contributed by atoms with Crippen LogP contribution in [0.3, 0.4) is 0 Å². The molecule has 0 aliphatic heterocycles. The molecule has 0 bridgehead atoms. The maximum Gasteiger partial charge on any atom is 0.241 e. The molecule has 0 radical (unpaired) electrons. The molecule has 2 rings (SSSR count). The van der Waals surface area contributed by atoms with Crippen molar-refractivity contribution in [1.29, 1.82) is 0 Å². The van der Waals surface area contributed by atoms with Crippen molar-refractivity contribution in [3.8, 4) is 0 Å². The van der Waals surface area contributed by atoms with Gasteiger partial charge in [-0.3, -0.25) is 0 Å². The van der Waals surface area contributed by atoms with Crippen LogP contribution < -0.4 is 10.0 Å². The molecule has 102 valence electrons. The Balaban J connectivity index is 2.17. The summed E-state index contributed by atoms with van der Waals surface area (Å²) in [4.78, 5) is 10.1. The molecule has 2 N–H and O–H groups in total. The van der Waals surface area contributed by atoms with Gasteiger partial charge in [0.25, 0.3) is 0 Å². The van der Waals surface area contributed by atoms with Gasteiger partial charge < -0.3 is 4.90 Å². The Labute approximate surface area is 116 Å². The predicted octanol–water partition coefficient (Wildman–Crippen LogP) is 0.864. The largest absolute Gasteiger partial charge is 0.358 e. The van der Waals surface area contributed by atoms with E-state index in [1.165, 1.54) is 6.07 Å². The molecule has 8 heteroatoms. The first-order chi connectivity index (χ1) is 8.98. The first kappa shape index (κ1) is 13.9. The van der Waals surface area contributed by atoms with Crippen molar-refractivity contribution in [3.63, 3.8) is 0 Å². The minimum Gasteiger partial charge on any atom is -0.358 e. The van der Waals surface area contributed by atoms with E-state index in [2.05, 4.69) is 9.97 Å². The lowest BCUT2D eigenvalue weighted by Crippen LogP contribution is -2.25. The lowest BCUT2D eigenvalue weighted by Gasteiger charge is -2.19. The van der Waals surface area contributed by atoms with Crippen LogP contribution in [0.25, 0.3) is 0 Å². The van der Waals surface area contributed by atoms with E-state index in [1.807, 2.05) is 5.38 Å². The molecule has 2 heterocycles. The van der Waals surface area contributed by atoms with Gasteiger partial charge in [0, 0.05) is 37.8 Å². The van der Waals surface area contributed by atoms with Crippen LogP contribution in [0.15, 0.2) is 34.8 Å². The maximum absolute atomic E-state index is 11.5. The van der Waals surface area contributed by atoms with Crippen LogP contribution in [0.1, 0.15) is 5.01 Å². The average molecular weight is 298 g/mol. The fourth-order valence-corrected chi connectivity index (χ4v) is 2.98. The van der Waals surface area contributed by atoms with Crippen LogP contribution in [0.5, 0.6) is 0 Å². The number of nitrogens with zero attached hydrogens (tertiary/aromatic N) is 3. The van der Waals surface area contributed by atoms with E-state index in [4.69, 9.17) is 5.14 Å². The number of aromatic nitrogens is 2. The van der Waals surface area contributed by atoms with E-state index in [0.717, 1.165) is 11.4 Å². The predicted molar refractivity (Wildman–Crippen MR) is 74.7 cm³/mol. The minimum atomic E-state index is -3.77. The van der Waals surface area contributed by atoms with Gasteiger partial charge in [0.1, 0.15) is 10.7 Å². The summed E-state index contributed by atoms with van der Waals surface area (Å²) in [5, 5.41) is 8.09. The molecule has 0 aliphatic carbocycles. The second-order valence-electron chi connectivity index (χ2n) is 3.97. The summed E-state index contributed by atoms with van der Waals surface area (Å²) in [6.45, 7) is 0.618. The quantitative estimate of drug-likeness (QED) is 0.884. The van der Waals surface area contributed by atoms with Crippen LogP contribution in [-0.2, 0) is 16.4 Å². The zero-order chi connectivity index (χ0) is 13.9. The van der Waals surface area contributed by atoms with Crippen molar-refractivity contribution in [2.45, 2.75) is 11.3 Å². The fourth-order valence-electron chi connectivity index (χ4n) is 1.64. The molecule has 0 amide bonds. The van der Waals surface area contributed by atoms with Gasteiger partial charge in [-0.2, -0.15) is 0 Å². The summed E-state index contributed by atoms with van der Waals surface area (Å²) in [5.74, 6) is 0.363. The number of primary sulfonamides is 1. The zero-order valence-corrected chi connectivity index (χ0v) is 12.0. The van der Waals surface area contributed by atoms with Crippen molar-refractivity contribution < 1.29 is 8.42 Å². The second kappa shape index (κ2) is 5.64. The van der Waals surface area contributed by atoms with Gasteiger partial charge in [-0.25, -0.2) is 23.5 Å². The molecule has 0 atom stereocenters. The third-order valence-electron chi connectivity index (χ3n) is 2.56. The van der Waals surface area contributed by atoms with E-state index in [1.54, 1.807) is 41.7 Å². The summed E-state index contributed by atoms with van der Waals surface area (Å²) < 4.78 is 23.0. The molecule has 19 heavy (non-hydrogen) atoms. The van der Waals surface area contributed by atoms with Gasteiger partial charge in [-0.05, 0) is 12.1 Å². The summed E-state index contributed by atoms with van der Waals surface area (Å²) in [6, 6.07) is 3.01. The SMILES string of the molecule is CN(CCc1nccs1)c1ncccc1S(N)(=O)=O. The van der Waals surface area contributed by atoms with Crippen molar-refractivity contribution >= 4 is 27.2 Å². The molecular weight excluding hydrogens is 284 g/mol. The molecule has 0 saturated heterocycles. The molecule has 0 saturated carbocycles. The average Bonchev–Trinajstić information content (AvgIpc) is 2.88. The summed E-state index contributed by atoms with van der Waals surface area (Å²) in [6.07, 6.45) is 4.02. The molecule has 0 aliphatic rings. The Hall–Kier alpha value is -1.51. The highest BCUT2D eigenvalue weighted by atomic mass is 32.2. The van der Waals surface area contributed by atoms with Gasteiger partial charge in [-0.1, -0.05) is 0 Å². The van der Waals surface area contributed by atoms with Crippen molar-refractivity contribution in [1.82, 2.24) is 9.97 Å².